The Morgan fingerprint density at radius 2 is 2.00 bits per heavy atom. The third kappa shape index (κ3) is 3.24. The summed E-state index contributed by atoms with van der Waals surface area (Å²) in [5.41, 5.74) is 1.75. The molecule has 0 N–H and O–H groups in total. The average molecular weight is 320 g/mol. The molecule has 0 unspecified atom stereocenters. The van der Waals surface area contributed by atoms with E-state index in [0.29, 0.717) is 0 Å². The second-order valence-electron chi connectivity index (χ2n) is 5.77. The SMILES string of the molecule is C1=CC[C]([Zr+2][C]2=C(CC3CCCCC3)C=CC2)=C1.[H-].[H-]. The van der Waals surface area contributed by atoms with Gasteiger partial charge >= 0.3 is 123 Å². The van der Waals surface area contributed by atoms with Crippen molar-refractivity contribution in [2.24, 2.45) is 5.92 Å². The van der Waals surface area contributed by atoms with Gasteiger partial charge in [0.1, 0.15) is 0 Å². The van der Waals surface area contributed by atoms with Gasteiger partial charge in [0.15, 0.2) is 0 Å². The van der Waals surface area contributed by atoms with E-state index in [0.717, 1.165) is 5.92 Å². The molecule has 0 aromatic heterocycles. The van der Waals surface area contributed by atoms with Crippen LogP contribution in [0.4, 0.5) is 0 Å². The summed E-state index contributed by atoms with van der Waals surface area (Å²) < 4.78 is 3.65. The van der Waals surface area contributed by atoms with E-state index in [-0.39, 0.29) is 2.85 Å². The van der Waals surface area contributed by atoms with Crippen LogP contribution >= 0.6 is 0 Å². The first-order valence-corrected chi connectivity index (χ1v) is 9.89. The summed E-state index contributed by atoms with van der Waals surface area (Å²) in [6.07, 6.45) is 23.2. The van der Waals surface area contributed by atoms with Crippen LogP contribution in [-0.4, -0.2) is 0 Å². The summed E-state index contributed by atoms with van der Waals surface area (Å²) in [6, 6.07) is 0. The second kappa shape index (κ2) is 6.33. The molecule has 0 nitrogen and oxygen atoms in total. The van der Waals surface area contributed by atoms with Gasteiger partial charge < -0.3 is 2.85 Å². The molecule has 0 heterocycles. The van der Waals surface area contributed by atoms with Crippen LogP contribution in [0.25, 0.3) is 0 Å². The Bertz CT molecular complexity index is 426. The largest absolute Gasteiger partial charge is 1.00 e. The van der Waals surface area contributed by atoms with E-state index in [1.165, 1.54) is 51.4 Å². The summed E-state index contributed by atoms with van der Waals surface area (Å²) in [4.78, 5) is 0. The molecule has 0 bridgehead atoms. The van der Waals surface area contributed by atoms with Crippen molar-refractivity contribution < 1.29 is 26.1 Å². The van der Waals surface area contributed by atoms with Crippen molar-refractivity contribution in [1.82, 2.24) is 0 Å². The van der Waals surface area contributed by atoms with Crippen LogP contribution in [0, 0.1) is 5.92 Å². The third-order valence-electron chi connectivity index (χ3n) is 4.34. The van der Waals surface area contributed by atoms with E-state index in [1.54, 1.807) is 8.85 Å². The third-order valence-corrected chi connectivity index (χ3v) is 8.08. The normalized spacial score (nSPS) is 23.7. The Morgan fingerprint density at radius 3 is 2.78 bits per heavy atom. The molecule has 0 atom stereocenters. The van der Waals surface area contributed by atoms with Crippen LogP contribution in [0.3, 0.4) is 0 Å². The molecule has 1 saturated carbocycles. The molecule has 3 aliphatic rings. The summed E-state index contributed by atoms with van der Waals surface area (Å²) in [5, 5.41) is 0. The van der Waals surface area contributed by atoms with Crippen LogP contribution in [0.1, 0.15) is 54.2 Å². The van der Waals surface area contributed by atoms with E-state index < -0.39 is 23.2 Å². The zero-order valence-corrected chi connectivity index (χ0v) is 13.6. The molecule has 1 heteroatoms. The molecule has 3 aliphatic carbocycles. The predicted octanol–water partition coefficient (Wildman–Crippen LogP) is 5.32. The van der Waals surface area contributed by atoms with Gasteiger partial charge in [-0.1, -0.05) is 0 Å². The summed E-state index contributed by atoms with van der Waals surface area (Å²) in [5.74, 6) is 1.00. The first-order chi connectivity index (χ1) is 8.92. The first kappa shape index (κ1) is 12.9. The smallest absolute Gasteiger partial charge is 1.00 e. The molecule has 0 spiro atoms. The molecular weight excluding hydrogens is 295 g/mol. The van der Waals surface area contributed by atoms with Crippen LogP contribution in [-0.2, 0) is 23.2 Å². The maximum absolute atomic E-state index is 2.45. The number of allylic oxidation sites excluding steroid dienone is 8. The molecule has 1 fully saturated rings. The van der Waals surface area contributed by atoms with Crippen LogP contribution in [0.2, 0.25) is 0 Å². The molecule has 96 valence electrons. The fourth-order valence-corrected chi connectivity index (χ4v) is 6.63. The maximum Gasteiger partial charge on any atom is -1.00 e. The second-order valence-corrected chi connectivity index (χ2v) is 9.44. The van der Waals surface area contributed by atoms with Crippen LogP contribution < -0.4 is 0 Å². The Morgan fingerprint density at radius 1 is 1.11 bits per heavy atom. The fourth-order valence-electron chi connectivity index (χ4n) is 3.31. The molecule has 0 aromatic carbocycles. The Hall–Kier alpha value is -0.157. The summed E-state index contributed by atoms with van der Waals surface area (Å²) in [7, 11) is 0. The Balaban J connectivity index is 0.000001000. The van der Waals surface area contributed by atoms with Gasteiger partial charge in [0.2, 0.25) is 0 Å². The number of rotatable bonds is 4. The minimum atomic E-state index is -0.414. The van der Waals surface area contributed by atoms with Gasteiger partial charge in [-0.3, -0.25) is 0 Å². The van der Waals surface area contributed by atoms with Crippen LogP contribution in [0.5, 0.6) is 0 Å². The van der Waals surface area contributed by atoms with Gasteiger partial charge in [0.25, 0.3) is 0 Å². The van der Waals surface area contributed by atoms with Crippen LogP contribution in [0.15, 0.2) is 42.5 Å². The molecule has 18 heavy (non-hydrogen) atoms. The van der Waals surface area contributed by atoms with Crippen molar-refractivity contribution in [2.75, 3.05) is 0 Å². The monoisotopic (exact) mass is 318 g/mol. The molecule has 0 aromatic rings. The number of hydrogen-bond donors (Lipinski definition) is 0. The minimum absolute atomic E-state index is 0. The average Bonchev–Trinajstić information content (AvgIpc) is 3.04. The van der Waals surface area contributed by atoms with Gasteiger partial charge in [-0.2, -0.15) is 0 Å². The molecule has 0 saturated heterocycles. The topological polar surface area (TPSA) is 0 Å². The Labute approximate surface area is 125 Å². The first-order valence-electron chi connectivity index (χ1n) is 7.43. The minimum Gasteiger partial charge on any atom is -1.00 e. The van der Waals surface area contributed by atoms with Gasteiger partial charge in [0.05, 0.1) is 0 Å². The van der Waals surface area contributed by atoms with Crippen molar-refractivity contribution in [3.63, 3.8) is 0 Å². The molecule has 3 rings (SSSR count). The van der Waals surface area contributed by atoms with E-state index >= 15 is 0 Å². The van der Waals surface area contributed by atoms with Gasteiger partial charge in [-0.25, -0.2) is 0 Å². The van der Waals surface area contributed by atoms with E-state index in [1.807, 2.05) is 3.28 Å². The van der Waals surface area contributed by atoms with Crippen molar-refractivity contribution in [2.45, 2.75) is 51.4 Å². The zero-order chi connectivity index (χ0) is 12.2. The summed E-state index contributed by atoms with van der Waals surface area (Å²) in [6.45, 7) is 0. The van der Waals surface area contributed by atoms with E-state index in [2.05, 4.69) is 30.4 Å². The van der Waals surface area contributed by atoms with Gasteiger partial charge in [-0.15, -0.1) is 0 Å². The van der Waals surface area contributed by atoms with E-state index in [4.69, 9.17) is 0 Å². The summed E-state index contributed by atoms with van der Waals surface area (Å²) >= 11 is -0.414. The molecular formula is C17H24Zr. The quantitative estimate of drug-likeness (QED) is 0.657. The van der Waals surface area contributed by atoms with Crippen molar-refractivity contribution >= 4 is 0 Å². The van der Waals surface area contributed by atoms with Crippen molar-refractivity contribution in [3.8, 4) is 0 Å². The van der Waals surface area contributed by atoms with Crippen molar-refractivity contribution in [1.29, 1.82) is 0 Å². The molecule has 0 aliphatic heterocycles. The standard InChI is InChI=1S/C12H17.C5H5.Zr.2H/c1-2-6-11(7-3-1)10-12-8-4-5-9-12;1-2-4-5-3-1;;;/h4,8,11H,1-3,5-7,10H2;1-3H,4H2;;;/q;;+2;2*-1. The Kier molecular flexibility index (Phi) is 4.52. The van der Waals surface area contributed by atoms with E-state index in [9.17, 15) is 0 Å². The predicted molar refractivity (Wildman–Crippen MR) is 76.0 cm³/mol. The van der Waals surface area contributed by atoms with Crippen molar-refractivity contribution in [3.05, 3.63) is 42.5 Å². The number of hydrogen-bond acceptors (Lipinski definition) is 0. The van der Waals surface area contributed by atoms with Gasteiger partial charge in [-0.05, 0) is 0 Å². The van der Waals surface area contributed by atoms with Gasteiger partial charge in [0, 0.05) is 0 Å². The molecule has 0 radical (unpaired) electrons. The molecule has 0 amide bonds. The maximum atomic E-state index is 2.45. The zero-order valence-electron chi connectivity index (χ0n) is 13.1. The fraction of sp³-hybridized carbons (Fsp3) is 0.529.